The topological polar surface area (TPSA) is 99.9 Å². The number of aromatic nitrogens is 3. The second-order valence-electron chi connectivity index (χ2n) is 3.98. The molecule has 0 fully saturated rings. The fourth-order valence-electron chi connectivity index (χ4n) is 1.63. The van der Waals surface area contributed by atoms with Crippen LogP contribution in [0.5, 0.6) is 0 Å². The van der Waals surface area contributed by atoms with Crippen molar-refractivity contribution >= 4 is 17.3 Å². The lowest BCUT2D eigenvalue weighted by atomic mass is 10.2. The van der Waals surface area contributed by atoms with Crippen molar-refractivity contribution in [1.29, 1.82) is 0 Å². The number of hydrogen-bond donors (Lipinski definition) is 1. The van der Waals surface area contributed by atoms with Gasteiger partial charge in [0.2, 0.25) is 0 Å². The third-order valence-electron chi connectivity index (χ3n) is 2.57. The van der Waals surface area contributed by atoms with Crippen LogP contribution in [0, 0.1) is 10.1 Å². The van der Waals surface area contributed by atoms with Crippen molar-refractivity contribution in [3.8, 4) is 0 Å². The molecule has 100 valence electrons. The predicted octanol–water partition coefficient (Wildman–Crippen LogP) is 1.39. The zero-order valence-electron chi connectivity index (χ0n) is 9.99. The van der Waals surface area contributed by atoms with Crippen LogP contribution in [0.25, 0.3) is 0 Å². The van der Waals surface area contributed by atoms with Crippen LogP contribution in [-0.4, -0.2) is 26.5 Å². The van der Waals surface area contributed by atoms with Gasteiger partial charge in [0.05, 0.1) is 22.2 Å². The van der Waals surface area contributed by atoms with Crippen molar-refractivity contribution in [2.75, 3.05) is 6.54 Å². The molecule has 0 saturated carbocycles. The third kappa shape index (κ3) is 3.27. The fraction of sp³-hybridized carbons (Fsp3) is 0.273. The summed E-state index contributed by atoms with van der Waals surface area (Å²) in [5, 5.41) is 18.9. The minimum atomic E-state index is -0.482. The van der Waals surface area contributed by atoms with Crippen LogP contribution >= 0.6 is 11.6 Å². The molecular weight excluding hydrogens is 270 g/mol. The first-order valence-electron chi connectivity index (χ1n) is 5.62. The molecule has 0 atom stereocenters. The molecule has 1 aromatic carbocycles. The Hall–Kier alpha value is -1.99. The van der Waals surface area contributed by atoms with Crippen molar-refractivity contribution in [1.82, 2.24) is 15.0 Å². The fourth-order valence-corrected chi connectivity index (χ4v) is 1.87. The van der Waals surface area contributed by atoms with Gasteiger partial charge in [-0.15, -0.1) is 5.10 Å². The number of halogens is 1. The van der Waals surface area contributed by atoms with E-state index in [1.54, 1.807) is 16.9 Å². The minimum Gasteiger partial charge on any atom is -0.330 e. The van der Waals surface area contributed by atoms with Crippen molar-refractivity contribution < 1.29 is 4.92 Å². The molecule has 0 aliphatic carbocycles. The largest absolute Gasteiger partial charge is 0.330 e. The van der Waals surface area contributed by atoms with Gasteiger partial charge in [0.25, 0.3) is 5.69 Å². The van der Waals surface area contributed by atoms with Gasteiger partial charge in [-0.25, -0.2) is 4.68 Å². The van der Waals surface area contributed by atoms with Crippen LogP contribution in [0.2, 0.25) is 5.02 Å². The van der Waals surface area contributed by atoms with E-state index < -0.39 is 4.92 Å². The Bertz CT molecular complexity index is 599. The summed E-state index contributed by atoms with van der Waals surface area (Å²) in [4.78, 5) is 10.1. The summed E-state index contributed by atoms with van der Waals surface area (Å²) in [5.41, 5.74) is 6.95. The Morgan fingerprint density at radius 3 is 2.89 bits per heavy atom. The van der Waals surface area contributed by atoms with Crippen LogP contribution in [0.3, 0.4) is 0 Å². The lowest BCUT2D eigenvalue weighted by molar-refractivity contribution is -0.384. The van der Waals surface area contributed by atoms with Gasteiger partial charge in [0, 0.05) is 24.8 Å². The van der Waals surface area contributed by atoms with Crippen LogP contribution < -0.4 is 5.73 Å². The van der Waals surface area contributed by atoms with E-state index in [1.165, 1.54) is 12.1 Å². The number of nitro groups is 1. The molecule has 0 aliphatic rings. The Morgan fingerprint density at radius 2 is 2.26 bits per heavy atom. The molecule has 0 saturated heterocycles. The minimum absolute atomic E-state index is 0.0313. The number of non-ortho nitro benzene ring substituents is 1. The third-order valence-corrected chi connectivity index (χ3v) is 2.92. The lowest BCUT2D eigenvalue weighted by Gasteiger charge is -2.03. The molecule has 0 unspecified atom stereocenters. The van der Waals surface area contributed by atoms with Crippen molar-refractivity contribution in [2.24, 2.45) is 5.73 Å². The number of hydrogen-bond acceptors (Lipinski definition) is 5. The molecule has 1 heterocycles. The first kappa shape index (κ1) is 13.4. The van der Waals surface area contributed by atoms with Crippen molar-refractivity contribution in [3.05, 3.63) is 50.8 Å². The molecule has 0 spiro atoms. The number of nitro benzene ring substituents is 1. The molecule has 0 bridgehead atoms. The van der Waals surface area contributed by atoms with Crippen molar-refractivity contribution in [3.63, 3.8) is 0 Å². The lowest BCUT2D eigenvalue weighted by Crippen LogP contribution is -2.03. The summed E-state index contributed by atoms with van der Waals surface area (Å²) in [5.74, 6) is 0. The number of rotatable bonds is 5. The van der Waals surface area contributed by atoms with Crippen LogP contribution in [0.15, 0.2) is 24.4 Å². The Balaban J connectivity index is 2.16. The number of benzene rings is 1. The molecule has 2 aromatic rings. The van der Waals surface area contributed by atoms with Gasteiger partial charge in [-0.2, -0.15) is 0 Å². The highest BCUT2D eigenvalue weighted by Gasteiger charge is 2.10. The zero-order valence-corrected chi connectivity index (χ0v) is 10.7. The van der Waals surface area contributed by atoms with E-state index in [0.717, 1.165) is 11.3 Å². The maximum Gasteiger partial charge on any atom is 0.270 e. The number of nitrogens with zero attached hydrogens (tertiary/aromatic N) is 4. The second kappa shape index (κ2) is 5.77. The molecule has 7 nitrogen and oxygen atoms in total. The molecule has 8 heteroatoms. The number of nitrogens with two attached hydrogens (primary N) is 1. The van der Waals surface area contributed by atoms with E-state index in [2.05, 4.69) is 10.3 Å². The first-order valence-corrected chi connectivity index (χ1v) is 6.00. The average molecular weight is 282 g/mol. The Kier molecular flexibility index (Phi) is 4.08. The van der Waals surface area contributed by atoms with Gasteiger partial charge >= 0.3 is 0 Å². The Labute approximate surface area is 114 Å². The van der Waals surface area contributed by atoms with Crippen LogP contribution in [0.1, 0.15) is 11.3 Å². The van der Waals surface area contributed by atoms with Crippen molar-refractivity contribution in [2.45, 2.75) is 13.0 Å². The summed E-state index contributed by atoms with van der Waals surface area (Å²) < 4.78 is 1.62. The molecule has 0 radical (unpaired) electrons. The van der Waals surface area contributed by atoms with Gasteiger partial charge in [-0.05, 0) is 18.2 Å². The van der Waals surface area contributed by atoms with Crippen LogP contribution in [0.4, 0.5) is 5.69 Å². The van der Waals surface area contributed by atoms with Gasteiger partial charge < -0.3 is 5.73 Å². The quantitative estimate of drug-likeness (QED) is 0.659. The molecule has 2 N–H and O–H groups in total. The van der Waals surface area contributed by atoms with E-state index in [0.29, 0.717) is 24.5 Å². The maximum atomic E-state index is 10.6. The van der Waals surface area contributed by atoms with E-state index in [4.69, 9.17) is 17.3 Å². The monoisotopic (exact) mass is 281 g/mol. The average Bonchev–Trinajstić information content (AvgIpc) is 2.79. The molecular formula is C11H12ClN5O2. The highest BCUT2D eigenvalue weighted by atomic mass is 35.5. The smallest absolute Gasteiger partial charge is 0.270 e. The second-order valence-corrected chi connectivity index (χ2v) is 4.39. The van der Waals surface area contributed by atoms with Gasteiger partial charge in [0.1, 0.15) is 0 Å². The van der Waals surface area contributed by atoms with Gasteiger partial charge in [-0.1, -0.05) is 16.8 Å². The summed E-state index contributed by atoms with van der Waals surface area (Å²) >= 11 is 6.01. The molecule has 0 aliphatic heterocycles. The van der Waals surface area contributed by atoms with E-state index in [-0.39, 0.29) is 5.69 Å². The Morgan fingerprint density at radius 1 is 1.47 bits per heavy atom. The van der Waals surface area contributed by atoms with E-state index >= 15 is 0 Å². The summed E-state index contributed by atoms with van der Waals surface area (Å²) in [6.45, 7) is 0.922. The summed E-state index contributed by atoms with van der Waals surface area (Å²) in [6, 6.07) is 4.36. The maximum absolute atomic E-state index is 10.6. The molecule has 0 amide bonds. The highest BCUT2D eigenvalue weighted by molar-refractivity contribution is 6.31. The highest BCUT2D eigenvalue weighted by Crippen LogP contribution is 2.23. The SMILES string of the molecule is NCCc1cn(Cc2ccc([N+](=O)[O-])cc2Cl)nn1. The standard InChI is InChI=1S/C11H12ClN5O2/c12-11-5-10(17(18)19)2-1-8(11)6-16-7-9(3-4-13)14-15-16/h1-2,5,7H,3-4,6,13H2. The van der Waals surface area contributed by atoms with Gasteiger partial charge in [-0.3, -0.25) is 10.1 Å². The first-order chi connectivity index (χ1) is 9.10. The molecule has 1 aromatic heterocycles. The van der Waals surface area contributed by atoms with Crippen LogP contribution in [-0.2, 0) is 13.0 Å². The molecule has 2 rings (SSSR count). The molecule has 19 heavy (non-hydrogen) atoms. The predicted molar refractivity (Wildman–Crippen MR) is 70.0 cm³/mol. The summed E-state index contributed by atoms with van der Waals surface area (Å²) in [7, 11) is 0. The van der Waals surface area contributed by atoms with E-state index in [9.17, 15) is 10.1 Å². The van der Waals surface area contributed by atoms with E-state index in [1.807, 2.05) is 0 Å². The van der Waals surface area contributed by atoms with Gasteiger partial charge in [0.15, 0.2) is 0 Å². The normalized spacial score (nSPS) is 10.6. The summed E-state index contributed by atoms with van der Waals surface area (Å²) in [6.07, 6.45) is 2.44. The zero-order chi connectivity index (χ0) is 13.8.